The van der Waals surface area contributed by atoms with Crippen molar-refractivity contribution in [3.05, 3.63) is 0 Å². The van der Waals surface area contributed by atoms with Crippen LogP contribution in [0, 0.1) is 29.6 Å². The second kappa shape index (κ2) is 4.16. The van der Waals surface area contributed by atoms with Gasteiger partial charge in [-0.05, 0) is 62.2 Å². The molecule has 2 bridgehead atoms. The van der Waals surface area contributed by atoms with Crippen LogP contribution >= 0.6 is 0 Å². The Hall–Kier alpha value is -0.330. The zero-order valence-electron chi connectivity index (χ0n) is 10.5. The highest BCUT2D eigenvalue weighted by Crippen LogP contribution is 2.51. The maximum atomic E-state index is 11.9. The van der Waals surface area contributed by atoms with Crippen LogP contribution in [0.15, 0.2) is 0 Å². The van der Waals surface area contributed by atoms with Crippen molar-refractivity contribution >= 4 is 5.78 Å². The van der Waals surface area contributed by atoms with Gasteiger partial charge in [0.1, 0.15) is 5.78 Å². The number of Topliss-reactive ketones (excluding diaryl/α,β-unsaturated/α-hetero) is 1. The van der Waals surface area contributed by atoms with Crippen molar-refractivity contribution in [2.24, 2.45) is 29.6 Å². The number of carbonyl (C=O) groups excluding carboxylic acids is 1. The number of carbonyl (C=O) groups is 1. The average molecular weight is 220 g/mol. The number of fused-ring (bicyclic) bond motifs is 2. The molecule has 0 aliphatic heterocycles. The molecule has 90 valence electrons. The van der Waals surface area contributed by atoms with Gasteiger partial charge in [0.2, 0.25) is 0 Å². The minimum atomic E-state index is 0.438. The summed E-state index contributed by atoms with van der Waals surface area (Å²) in [4.78, 5) is 11.9. The molecule has 1 heteroatoms. The highest BCUT2D eigenvalue weighted by molar-refractivity contribution is 5.81. The third-order valence-electron chi connectivity index (χ3n) is 5.50. The summed E-state index contributed by atoms with van der Waals surface area (Å²) in [5, 5.41) is 0. The Morgan fingerprint density at radius 1 is 1.12 bits per heavy atom. The highest BCUT2D eigenvalue weighted by atomic mass is 16.1. The van der Waals surface area contributed by atoms with Crippen LogP contribution in [0.3, 0.4) is 0 Å². The molecule has 3 aliphatic rings. The molecule has 3 fully saturated rings. The fourth-order valence-electron chi connectivity index (χ4n) is 4.59. The molecule has 0 radical (unpaired) electrons. The predicted octanol–water partition coefficient (Wildman–Crippen LogP) is 3.82. The molecule has 1 nitrogen and oxygen atoms in total. The van der Waals surface area contributed by atoms with E-state index in [-0.39, 0.29) is 0 Å². The summed E-state index contributed by atoms with van der Waals surface area (Å²) >= 11 is 0. The molecule has 3 saturated carbocycles. The Kier molecular flexibility index (Phi) is 2.81. The van der Waals surface area contributed by atoms with Gasteiger partial charge in [0.15, 0.2) is 0 Å². The third kappa shape index (κ3) is 1.94. The van der Waals surface area contributed by atoms with E-state index in [4.69, 9.17) is 0 Å². The summed E-state index contributed by atoms with van der Waals surface area (Å²) in [5.41, 5.74) is 0. The summed E-state index contributed by atoms with van der Waals surface area (Å²) in [6.45, 7) is 2.32. The van der Waals surface area contributed by atoms with E-state index in [9.17, 15) is 4.79 Å². The van der Waals surface area contributed by atoms with Gasteiger partial charge in [0.05, 0.1) is 0 Å². The summed E-state index contributed by atoms with van der Waals surface area (Å²) in [6.07, 6.45) is 10.3. The van der Waals surface area contributed by atoms with Gasteiger partial charge in [-0.1, -0.05) is 13.3 Å². The number of hydrogen-bond acceptors (Lipinski definition) is 1. The topological polar surface area (TPSA) is 17.1 Å². The monoisotopic (exact) mass is 220 g/mol. The van der Waals surface area contributed by atoms with Gasteiger partial charge in [-0.15, -0.1) is 0 Å². The van der Waals surface area contributed by atoms with Crippen LogP contribution in [0.4, 0.5) is 0 Å². The Balaban J connectivity index is 1.59. The van der Waals surface area contributed by atoms with Crippen molar-refractivity contribution in [2.75, 3.05) is 0 Å². The summed E-state index contributed by atoms with van der Waals surface area (Å²) in [6, 6.07) is 0. The minimum absolute atomic E-state index is 0.438. The first-order valence-electron chi connectivity index (χ1n) is 7.25. The van der Waals surface area contributed by atoms with Crippen LogP contribution in [0.25, 0.3) is 0 Å². The largest absolute Gasteiger partial charge is 0.299 e. The molecule has 0 heterocycles. The van der Waals surface area contributed by atoms with Crippen molar-refractivity contribution < 1.29 is 4.79 Å². The molecule has 16 heavy (non-hydrogen) atoms. The molecule has 0 saturated heterocycles. The zero-order valence-corrected chi connectivity index (χ0v) is 10.5. The Bertz CT molecular complexity index is 283. The first kappa shape index (κ1) is 10.8. The van der Waals surface area contributed by atoms with Gasteiger partial charge in [-0.25, -0.2) is 0 Å². The second-order valence-corrected chi connectivity index (χ2v) is 6.71. The van der Waals surface area contributed by atoms with Gasteiger partial charge in [-0.2, -0.15) is 0 Å². The molecule has 0 aromatic carbocycles. The van der Waals surface area contributed by atoms with E-state index >= 15 is 0 Å². The SMILES string of the molecule is CC1CCC(=O)C(CC2CC3CCC2C3)C1. The fraction of sp³-hybridized carbons (Fsp3) is 0.933. The quantitative estimate of drug-likeness (QED) is 0.691. The van der Waals surface area contributed by atoms with Crippen molar-refractivity contribution in [2.45, 2.75) is 58.3 Å². The van der Waals surface area contributed by atoms with Gasteiger partial charge < -0.3 is 0 Å². The van der Waals surface area contributed by atoms with Crippen LogP contribution in [0.2, 0.25) is 0 Å². The molecule has 0 aromatic rings. The lowest BCUT2D eigenvalue weighted by Crippen LogP contribution is -2.27. The van der Waals surface area contributed by atoms with Crippen LogP contribution < -0.4 is 0 Å². The van der Waals surface area contributed by atoms with Crippen molar-refractivity contribution in [3.63, 3.8) is 0 Å². The Morgan fingerprint density at radius 3 is 2.69 bits per heavy atom. The lowest BCUT2D eigenvalue weighted by atomic mass is 9.74. The predicted molar refractivity (Wildman–Crippen MR) is 65.1 cm³/mol. The van der Waals surface area contributed by atoms with Gasteiger partial charge in [0.25, 0.3) is 0 Å². The number of hydrogen-bond donors (Lipinski definition) is 0. The number of rotatable bonds is 2. The lowest BCUT2D eigenvalue weighted by Gasteiger charge is -2.30. The maximum Gasteiger partial charge on any atom is 0.136 e. The van der Waals surface area contributed by atoms with Crippen LogP contribution in [0.5, 0.6) is 0 Å². The normalized spacial score (nSPS) is 47.6. The summed E-state index contributed by atoms with van der Waals surface area (Å²) in [7, 11) is 0. The van der Waals surface area contributed by atoms with E-state index in [1.807, 2.05) is 0 Å². The molecule has 5 atom stereocenters. The maximum absolute atomic E-state index is 11.9. The first-order chi connectivity index (χ1) is 7.72. The van der Waals surface area contributed by atoms with Crippen LogP contribution in [-0.2, 0) is 4.79 Å². The highest BCUT2D eigenvalue weighted by Gasteiger charge is 2.41. The van der Waals surface area contributed by atoms with E-state index in [0.29, 0.717) is 11.7 Å². The minimum Gasteiger partial charge on any atom is -0.299 e. The summed E-state index contributed by atoms with van der Waals surface area (Å²) < 4.78 is 0. The molecule has 0 N–H and O–H groups in total. The molecule has 3 aliphatic carbocycles. The lowest BCUT2D eigenvalue weighted by molar-refractivity contribution is -0.126. The Labute approximate surface area is 99.0 Å². The Morgan fingerprint density at radius 2 is 2.00 bits per heavy atom. The smallest absolute Gasteiger partial charge is 0.136 e. The van der Waals surface area contributed by atoms with Crippen molar-refractivity contribution in [1.29, 1.82) is 0 Å². The molecular formula is C15H24O. The van der Waals surface area contributed by atoms with Gasteiger partial charge in [-0.3, -0.25) is 4.79 Å². The van der Waals surface area contributed by atoms with Crippen molar-refractivity contribution in [1.82, 2.24) is 0 Å². The molecular weight excluding hydrogens is 196 g/mol. The third-order valence-corrected chi connectivity index (χ3v) is 5.50. The zero-order chi connectivity index (χ0) is 11.1. The molecule has 0 spiro atoms. The van der Waals surface area contributed by atoms with E-state index in [0.717, 1.165) is 36.5 Å². The molecule has 0 aromatic heterocycles. The fourth-order valence-corrected chi connectivity index (χ4v) is 4.59. The van der Waals surface area contributed by atoms with Gasteiger partial charge >= 0.3 is 0 Å². The van der Waals surface area contributed by atoms with E-state index in [2.05, 4.69) is 6.92 Å². The molecule has 5 unspecified atom stereocenters. The molecule has 0 amide bonds. The average Bonchev–Trinajstić information content (AvgIpc) is 2.85. The summed E-state index contributed by atoms with van der Waals surface area (Å²) in [5.74, 6) is 4.76. The van der Waals surface area contributed by atoms with Gasteiger partial charge in [0, 0.05) is 12.3 Å². The number of ketones is 1. The van der Waals surface area contributed by atoms with E-state index < -0.39 is 0 Å². The first-order valence-corrected chi connectivity index (χ1v) is 7.25. The van der Waals surface area contributed by atoms with E-state index in [1.165, 1.54) is 38.5 Å². The molecule has 3 rings (SSSR count). The second-order valence-electron chi connectivity index (χ2n) is 6.71. The van der Waals surface area contributed by atoms with Crippen molar-refractivity contribution in [3.8, 4) is 0 Å². The van der Waals surface area contributed by atoms with E-state index in [1.54, 1.807) is 0 Å². The van der Waals surface area contributed by atoms with Crippen LogP contribution in [0.1, 0.15) is 58.3 Å². The van der Waals surface area contributed by atoms with Crippen LogP contribution in [-0.4, -0.2) is 5.78 Å². The standard InChI is InChI=1S/C15H24O/c1-10-2-5-15(16)14(6-10)9-13-8-11-3-4-12(13)7-11/h10-14H,2-9H2,1H3.